The SMILES string of the molecule is O=S(=O)(CCNc1ncnc2c(F)cccc12)c1ccccc1. The van der Waals surface area contributed by atoms with Crippen molar-refractivity contribution in [2.75, 3.05) is 17.6 Å². The number of aromatic nitrogens is 2. The Kier molecular flexibility index (Phi) is 4.20. The van der Waals surface area contributed by atoms with Crippen molar-refractivity contribution in [3.8, 4) is 0 Å². The average molecular weight is 331 g/mol. The van der Waals surface area contributed by atoms with Crippen LogP contribution in [0.1, 0.15) is 0 Å². The molecule has 1 aromatic heterocycles. The summed E-state index contributed by atoms with van der Waals surface area (Å²) in [6, 6.07) is 12.8. The topological polar surface area (TPSA) is 72.0 Å². The molecule has 0 aliphatic heterocycles. The number of fused-ring (bicyclic) bond motifs is 1. The van der Waals surface area contributed by atoms with E-state index in [9.17, 15) is 12.8 Å². The Morgan fingerprint density at radius 3 is 2.57 bits per heavy atom. The molecule has 0 unspecified atom stereocenters. The molecule has 0 amide bonds. The lowest BCUT2D eigenvalue weighted by Crippen LogP contribution is -2.16. The first-order chi connectivity index (χ1) is 11.1. The van der Waals surface area contributed by atoms with Crippen LogP contribution in [0.25, 0.3) is 10.9 Å². The molecule has 0 saturated carbocycles. The first kappa shape index (κ1) is 15.4. The fraction of sp³-hybridized carbons (Fsp3) is 0.125. The standard InChI is InChI=1S/C16H14FN3O2S/c17-14-8-4-7-13-15(14)19-11-20-16(13)18-9-10-23(21,22)12-5-2-1-3-6-12/h1-8,11H,9-10H2,(H,18,19,20). The highest BCUT2D eigenvalue weighted by Gasteiger charge is 2.14. The first-order valence-corrected chi connectivity index (χ1v) is 8.64. The van der Waals surface area contributed by atoms with Gasteiger partial charge in [0, 0.05) is 11.9 Å². The van der Waals surface area contributed by atoms with Crippen LogP contribution in [-0.2, 0) is 9.84 Å². The van der Waals surface area contributed by atoms with Crippen LogP contribution in [0.5, 0.6) is 0 Å². The Balaban J connectivity index is 1.76. The molecule has 1 heterocycles. The maximum atomic E-state index is 13.7. The zero-order chi connectivity index (χ0) is 16.3. The predicted molar refractivity (Wildman–Crippen MR) is 86.5 cm³/mol. The van der Waals surface area contributed by atoms with E-state index >= 15 is 0 Å². The molecular weight excluding hydrogens is 317 g/mol. The smallest absolute Gasteiger partial charge is 0.180 e. The Labute approximate surface area is 133 Å². The van der Waals surface area contributed by atoms with Gasteiger partial charge in [-0.3, -0.25) is 0 Å². The maximum absolute atomic E-state index is 13.7. The summed E-state index contributed by atoms with van der Waals surface area (Å²) < 4.78 is 38.1. The van der Waals surface area contributed by atoms with Crippen LogP contribution in [-0.4, -0.2) is 30.7 Å². The number of halogens is 1. The number of hydrogen-bond donors (Lipinski definition) is 1. The van der Waals surface area contributed by atoms with Gasteiger partial charge in [0.25, 0.3) is 0 Å². The molecule has 3 rings (SSSR count). The van der Waals surface area contributed by atoms with Gasteiger partial charge in [0.1, 0.15) is 23.5 Å². The highest BCUT2D eigenvalue weighted by molar-refractivity contribution is 7.91. The van der Waals surface area contributed by atoms with Gasteiger partial charge in [-0.05, 0) is 24.3 Å². The minimum Gasteiger partial charge on any atom is -0.368 e. The van der Waals surface area contributed by atoms with Gasteiger partial charge in [-0.2, -0.15) is 0 Å². The Bertz CT molecular complexity index is 930. The lowest BCUT2D eigenvalue weighted by atomic mass is 10.2. The van der Waals surface area contributed by atoms with Crippen molar-refractivity contribution in [1.82, 2.24) is 9.97 Å². The van der Waals surface area contributed by atoms with Crippen molar-refractivity contribution in [1.29, 1.82) is 0 Å². The van der Waals surface area contributed by atoms with Gasteiger partial charge in [-0.15, -0.1) is 0 Å². The molecule has 7 heteroatoms. The van der Waals surface area contributed by atoms with E-state index in [1.165, 1.54) is 12.4 Å². The molecule has 0 aliphatic rings. The molecule has 0 aliphatic carbocycles. The monoisotopic (exact) mass is 331 g/mol. The number of nitrogens with zero attached hydrogens (tertiary/aromatic N) is 2. The average Bonchev–Trinajstić information content (AvgIpc) is 2.56. The number of para-hydroxylation sites is 1. The lowest BCUT2D eigenvalue weighted by molar-refractivity contribution is 0.596. The van der Waals surface area contributed by atoms with Gasteiger partial charge in [-0.1, -0.05) is 24.3 Å². The van der Waals surface area contributed by atoms with E-state index in [-0.39, 0.29) is 22.7 Å². The van der Waals surface area contributed by atoms with Crippen LogP contribution in [0.2, 0.25) is 0 Å². The molecule has 2 aromatic carbocycles. The Morgan fingerprint density at radius 1 is 1.00 bits per heavy atom. The molecule has 5 nitrogen and oxygen atoms in total. The number of rotatable bonds is 5. The van der Waals surface area contributed by atoms with Crippen molar-refractivity contribution in [2.45, 2.75) is 4.90 Å². The van der Waals surface area contributed by atoms with Crippen molar-refractivity contribution in [3.05, 3.63) is 60.7 Å². The van der Waals surface area contributed by atoms with Crippen LogP contribution >= 0.6 is 0 Å². The molecule has 0 bridgehead atoms. The van der Waals surface area contributed by atoms with Crippen molar-refractivity contribution in [2.24, 2.45) is 0 Å². The molecular formula is C16H14FN3O2S. The van der Waals surface area contributed by atoms with Crippen LogP contribution in [0.15, 0.2) is 59.8 Å². The van der Waals surface area contributed by atoms with E-state index < -0.39 is 15.7 Å². The van der Waals surface area contributed by atoms with Crippen LogP contribution < -0.4 is 5.32 Å². The summed E-state index contributed by atoms with van der Waals surface area (Å²) in [5, 5.41) is 3.46. The molecule has 0 atom stereocenters. The van der Waals surface area contributed by atoms with Gasteiger partial charge >= 0.3 is 0 Å². The molecule has 1 N–H and O–H groups in total. The maximum Gasteiger partial charge on any atom is 0.180 e. The minimum absolute atomic E-state index is 0.0855. The van der Waals surface area contributed by atoms with E-state index in [2.05, 4.69) is 15.3 Å². The number of benzene rings is 2. The normalized spacial score (nSPS) is 11.5. The van der Waals surface area contributed by atoms with E-state index in [0.717, 1.165) is 0 Å². The molecule has 0 radical (unpaired) electrons. The van der Waals surface area contributed by atoms with Crippen LogP contribution in [0, 0.1) is 5.82 Å². The molecule has 0 spiro atoms. The summed E-state index contributed by atoms with van der Waals surface area (Å²) in [5.74, 6) is -0.111. The van der Waals surface area contributed by atoms with Gasteiger partial charge in [0.15, 0.2) is 9.84 Å². The minimum atomic E-state index is -3.37. The Hall–Kier alpha value is -2.54. The predicted octanol–water partition coefficient (Wildman–Crippen LogP) is 2.65. The fourth-order valence-corrected chi connectivity index (χ4v) is 3.42. The summed E-state index contributed by atoms with van der Waals surface area (Å²) in [5.41, 5.74) is 0.205. The summed E-state index contributed by atoms with van der Waals surface area (Å²) in [6.07, 6.45) is 1.25. The number of sulfone groups is 1. The highest BCUT2D eigenvalue weighted by Crippen LogP contribution is 2.21. The number of anilines is 1. The van der Waals surface area contributed by atoms with Gasteiger partial charge in [0.2, 0.25) is 0 Å². The van der Waals surface area contributed by atoms with E-state index in [0.29, 0.717) is 11.2 Å². The second-order valence-electron chi connectivity index (χ2n) is 4.92. The number of hydrogen-bond acceptors (Lipinski definition) is 5. The second kappa shape index (κ2) is 6.29. The fourth-order valence-electron chi connectivity index (χ4n) is 2.24. The third kappa shape index (κ3) is 3.29. The first-order valence-electron chi connectivity index (χ1n) is 6.99. The van der Waals surface area contributed by atoms with E-state index in [1.54, 1.807) is 42.5 Å². The highest BCUT2D eigenvalue weighted by atomic mass is 32.2. The number of nitrogens with one attached hydrogen (secondary N) is 1. The van der Waals surface area contributed by atoms with Crippen LogP contribution in [0.4, 0.5) is 10.2 Å². The molecule has 0 fully saturated rings. The second-order valence-corrected chi connectivity index (χ2v) is 7.03. The molecule has 118 valence electrons. The molecule has 3 aromatic rings. The largest absolute Gasteiger partial charge is 0.368 e. The van der Waals surface area contributed by atoms with Crippen LogP contribution in [0.3, 0.4) is 0 Å². The van der Waals surface area contributed by atoms with Crippen molar-refractivity contribution >= 4 is 26.6 Å². The quantitative estimate of drug-likeness (QED) is 0.778. The third-order valence-electron chi connectivity index (χ3n) is 3.38. The van der Waals surface area contributed by atoms with E-state index in [1.807, 2.05) is 0 Å². The summed E-state index contributed by atoms with van der Waals surface area (Å²) in [4.78, 5) is 8.24. The summed E-state index contributed by atoms with van der Waals surface area (Å²) >= 11 is 0. The zero-order valence-corrected chi connectivity index (χ0v) is 12.9. The van der Waals surface area contributed by atoms with Crippen molar-refractivity contribution in [3.63, 3.8) is 0 Å². The summed E-state index contributed by atoms with van der Waals surface area (Å²) in [7, 11) is -3.37. The van der Waals surface area contributed by atoms with E-state index in [4.69, 9.17) is 0 Å². The Morgan fingerprint density at radius 2 is 1.78 bits per heavy atom. The van der Waals surface area contributed by atoms with Gasteiger partial charge < -0.3 is 5.32 Å². The zero-order valence-electron chi connectivity index (χ0n) is 12.1. The molecule has 0 saturated heterocycles. The van der Waals surface area contributed by atoms with Crippen molar-refractivity contribution < 1.29 is 12.8 Å². The molecule has 23 heavy (non-hydrogen) atoms. The van der Waals surface area contributed by atoms with Gasteiger partial charge in [-0.25, -0.2) is 22.8 Å². The third-order valence-corrected chi connectivity index (χ3v) is 5.11. The summed E-state index contributed by atoms with van der Waals surface area (Å²) in [6.45, 7) is 0.167. The lowest BCUT2D eigenvalue weighted by Gasteiger charge is -2.09. The van der Waals surface area contributed by atoms with Gasteiger partial charge in [0.05, 0.1) is 10.6 Å².